The second-order valence-corrected chi connectivity index (χ2v) is 4.40. The van der Waals surface area contributed by atoms with Gasteiger partial charge in [0.25, 0.3) is 0 Å². The van der Waals surface area contributed by atoms with Crippen LogP contribution in [-0.4, -0.2) is 33.8 Å². The van der Waals surface area contributed by atoms with Gasteiger partial charge in [0, 0.05) is 24.4 Å². The molecule has 0 saturated carbocycles. The topological polar surface area (TPSA) is 63.6 Å². The van der Waals surface area contributed by atoms with Crippen molar-refractivity contribution in [2.75, 3.05) is 13.6 Å². The Balaban J connectivity index is 2.02. The smallest absolute Gasteiger partial charge is 0.150 e. The van der Waals surface area contributed by atoms with Crippen LogP contribution in [0.4, 0.5) is 0 Å². The highest BCUT2D eigenvalue weighted by Crippen LogP contribution is 2.22. The predicted molar refractivity (Wildman–Crippen MR) is 63.2 cm³/mol. The summed E-state index contributed by atoms with van der Waals surface area (Å²) in [5, 5.41) is 13.3. The van der Waals surface area contributed by atoms with E-state index in [-0.39, 0.29) is 0 Å². The van der Waals surface area contributed by atoms with Crippen molar-refractivity contribution in [3.63, 3.8) is 0 Å². The number of nitrogens with one attached hydrogen (secondary N) is 1. The zero-order valence-corrected chi connectivity index (χ0v) is 9.87. The van der Waals surface area contributed by atoms with Crippen molar-refractivity contribution in [1.82, 2.24) is 25.5 Å². The van der Waals surface area contributed by atoms with Crippen LogP contribution in [0.2, 0.25) is 0 Å². The molecule has 0 bridgehead atoms. The molecular formula is C10H13N5S. The third kappa shape index (κ3) is 2.80. The molecule has 2 aromatic rings. The molecule has 0 aromatic carbocycles. The summed E-state index contributed by atoms with van der Waals surface area (Å²) < 4.78 is 0. The molecule has 0 radical (unpaired) electrons. The van der Waals surface area contributed by atoms with Gasteiger partial charge in [-0.25, -0.2) is 9.97 Å². The third-order valence-electron chi connectivity index (χ3n) is 2.09. The highest BCUT2D eigenvalue weighted by molar-refractivity contribution is 7.14. The zero-order chi connectivity index (χ0) is 11.2. The average Bonchev–Trinajstić information content (AvgIpc) is 2.79. The SMILES string of the molecule is CNCCCc1nnc(-c2cncnc2)s1. The van der Waals surface area contributed by atoms with E-state index in [1.54, 1.807) is 23.7 Å². The van der Waals surface area contributed by atoms with Gasteiger partial charge in [-0.1, -0.05) is 11.3 Å². The molecule has 1 N–H and O–H groups in total. The van der Waals surface area contributed by atoms with Gasteiger partial charge in [-0.05, 0) is 20.0 Å². The summed E-state index contributed by atoms with van der Waals surface area (Å²) in [6, 6.07) is 0. The highest BCUT2D eigenvalue weighted by Gasteiger charge is 2.06. The van der Waals surface area contributed by atoms with E-state index in [1.807, 2.05) is 7.05 Å². The fourth-order valence-electron chi connectivity index (χ4n) is 1.30. The maximum atomic E-state index is 4.15. The lowest BCUT2D eigenvalue weighted by molar-refractivity contribution is 0.718. The Bertz CT molecular complexity index is 428. The van der Waals surface area contributed by atoms with Gasteiger partial charge in [-0.15, -0.1) is 10.2 Å². The summed E-state index contributed by atoms with van der Waals surface area (Å²) in [4.78, 5) is 7.93. The number of nitrogens with zero attached hydrogens (tertiary/aromatic N) is 4. The van der Waals surface area contributed by atoms with Crippen molar-refractivity contribution >= 4 is 11.3 Å². The van der Waals surface area contributed by atoms with Crippen molar-refractivity contribution in [1.29, 1.82) is 0 Å². The lowest BCUT2D eigenvalue weighted by Crippen LogP contribution is -2.08. The van der Waals surface area contributed by atoms with Crippen molar-refractivity contribution in [2.24, 2.45) is 0 Å². The highest BCUT2D eigenvalue weighted by atomic mass is 32.1. The van der Waals surface area contributed by atoms with Gasteiger partial charge in [-0.3, -0.25) is 0 Å². The second kappa shape index (κ2) is 5.62. The quantitative estimate of drug-likeness (QED) is 0.788. The minimum Gasteiger partial charge on any atom is -0.320 e. The molecule has 0 unspecified atom stereocenters. The number of rotatable bonds is 5. The minimum absolute atomic E-state index is 0.889. The van der Waals surface area contributed by atoms with Crippen LogP contribution in [0.1, 0.15) is 11.4 Å². The molecule has 16 heavy (non-hydrogen) atoms. The fraction of sp³-hybridized carbons (Fsp3) is 0.400. The second-order valence-electron chi connectivity index (χ2n) is 3.34. The molecule has 0 aliphatic heterocycles. The monoisotopic (exact) mass is 235 g/mol. The van der Waals surface area contributed by atoms with E-state index in [9.17, 15) is 0 Å². The molecule has 0 atom stereocenters. The number of hydrogen-bond acceptors (Lipinski definition) is 6. The van der Waals surface area contributed by atoms with Crippen LogP contribution in [-0.2, 0) is 6.42 Å². The molecule has 2 heterocycles. The Morgan fingerprint density at radius 1 is 1.25 bits per heavy atom. The van der Waals surface area contributed by atoms with Gasteiger partial charge in [0.1, 0.15) is 11.3 Å². The van der Waals surface area contributed by atoms with Gasteiger partial charge < -0.3 is 5.32 Å². The molecule has 0 amide bonds. The molecule has 0 aliphatic carbocycles. The van der Waals surface area contributed by atoms with Crippen molar-refractivity contribution in [3.05, 3.63) is 23.7 Å². The van der Waals surface area contributed by atoms with Crippen LogP contribution in [0.3, 0.4) is 0 Å². The summed E-state index contributed by atoms with van der Waals surface area (Å²) in [7, 11) is 1.95. The first-order valence-electron chi connectivity index (χ1n) is 5.12. The zero-order valence-electron chi connectivity index (χ0n) is 9.05. The van der Waals surface area contributed by atoms with E-state index in [4.69, 9.17) is 0 Å². The van der Waals surface area contributed by atoms with Crippen LogP contribution in [0.15, 0.2) is 18.7 Å². The van der Waals surface area contributed by atoms with Crippen LogP contribution in [0.5, 0.6) is 0 Å². The first-order chi connectivity index (χ1) is 7.90. The van der Waals surface area contributed by atoms with Crippen LogP contribution < -0.4 is 5.32 Å². The maximum Gasteiger partial charge on any atom is 0.150 e. The molecular weight excluding hydrogens is 222 g/mol. The van der Waals surface area contributed by atoms with Crippen LogP contribution >= 0.6 is 11.3 Å². The molecule has 2 rings (SSSR count). The largest absolute Gasteiger partial charge is 0.320 e. The van der Waals surface area contributed by atoms with E-state index in [2.05, 4.69) is 25.5 Å². The first kappa shape index (κ1) is 11.1. The Kier molecular flexibility index (Phi) is 3.90. The first-order valence-corrected chi connectivity index (χ1v) is 5.94. The van der Waals surface area contributed by atoms with Crippen LogP contribution in [0, 0.1) is 0 Å². The summed E-state index contributed by atoms with van der Waals surface area (Å²) in [5.74, 6) is 0. The van der Waals surface area contributed by atoms with E-state index >= 15 is 0 Å². The Morgan fingerprint density at radius 2 is 2.06 bits per heavy atom. The fourth-order valence-corrected chi connectivity index (χ4v) is 2.15. The standard InChI is InChI=1S/C10H13N5S/c1-11-4-2-3-9-14-15-10(16-9)8-5-12-7-13-6-8/h5-7,11H,2-4H2,1H3. The van der Waals surface area contributed by atoms with Crippen LogP contribution in [0.25, 0.3) is 10.6 Å². The van der Waals surface area contributed by atoms with E-state index in [0.29, 0.717) is 0 Å². The van der Waals surface area contributed by atoms with Crippen molar-refractivity contribution < 1.29 is 0 Å². The molecule has 0 aliphatic rings. The summed E-state index contributed by atoms with van der Waals surface area (Å²) in [6.45, 7) is 1.00. The third-order valence-corrected chi connectivity index (χ3v) is 3.12. The molecule has 5 nitrogen and oxygen atoms in total. The summed E-state index contributed by atoms with van der Waals surface area (Å²) in [5.41, 5.74) is 0.930. The number of hydrogen-bond donors (Lipinski definition) is 1. The van der Waals surface area contributed by atoms with Gasteiger partial charge in [0.15, 0.2) is 5.01 Å². The van der Waals surface area contributed by atoms with E-state index in [0.717, 1.165) is 35.0 Å². The predicted octanol–water partition coefficient (Wildman–Crippen LogP) is 1.15. The Morgan fingerprint density at radius 3 is 2.81 bits per heavy atom. The Labute approximate surface area is 98.0 Å². The van der Waals surface area contributed by atoms with Gasteiger partial charge in [0.2, 0.25) is 0 Å². The lowest BCUT2D eigenvalue weighted by Gasteiger charge is -1.94. The van der Waals surface area contributed by atoms with Gasteiger partial charge >= 0.3 is 0 Å². The normalized spacial score (nSPS) is 10.6. The molecule has 6 heteroatoms. The lowest BCUT2D eigenvalue weighted by atomic mass is 10.3. The Hall–Kier alpha value is -1.40. The average molecular weight is 235 g/mol. The summed E-state index contributed by atoms with van der Waals surface area (Å²) in [6.07, 6.45) is 7.07. The number of aromatic nitrogens is 4. The summed E-state index contributed by atoms with van der Waals surface area (Å²) >= 11 is 1.61. The van der Waals surface area contributed by atoms with Crippen molar-refractivity contribution in [2.45, 2.75) is 12.8 Å². The molecule has 0 spiro atoms. The van der Waals surface area contributed by atoms with E-state index < -0.39 is 0 Å². The van der Waals surface area contributed by atoms with Crippen molar-refractivity contribution in [3.8, 4) is 10.6 Å². The minimum atomic E-state index is 0.889. The maximum absolute atomic E-state index is 4.15. The molecule has 2 aromatic heterocycles. The number of aryl methyl sites for hydroxylation is 1. The van der Waals surface area contributed by atoms with Gasteiger partial charge in [-0.2, -0.15) is 0 Å². The van der Waals surface area contributed by atoms with Gasteiger partial charge in [0.05, 0.1) is 0 Å². The molecule has 84 valence electrons. The molecule has 0 saturated heterocycles. The van der Waals surface area contributed by atoms with E-state index in [1.165, 1.54) is 6.33 Å². The molecule has 0 fully saturated rings.